The lowest BCUT2D eigenvalue weighted by molar-refractivity contribution is -0.196. The van der Waals surface area contributed by atoms with Gasteiger partial charge in [0.1, 0.15) is 6.04 Å². The summed E-state index contributed by atoms with van der Waals surface area (Å²) in [7, 11) is 0.676. The van der Waals surface area contributed by atoms with Crippen LogP contribution in [-0.2, 0) is 36.8 Å². The molecule has 4 rings (SSSR count). The number of fused-ring (bicyclic) bond motifs is 1. The van der Waals surface area contributed by atoms with E-state index in [1.54, 1.807) is 0 Å². The summed E-state index contributed by atoms with van der Waals surface area (Å²) in [4.78, 5) is 59.6. The summed E-state index contributed by atoms with van der Waals surface area (Å²) in [6.45, 7) is 5.72. The lowest BCUT2D eigenvalue weighted by atomic mass is 9.90. The number of esters is 1. The van der Waals surface area contributed by atoms with Gasteiger partial charge in [-0.25, -0.2) is 9.59 Å². The minimum absolute atomic E-state index is 0.0276. The van der Waals surface area contributed by atoms with Crippen LogP contribution in [0.1, 0.15) is 69.4 Å². The summed E-state index contributed by atoms with van der Waals surface area (Å²) in [6, 6.07) is 23.8. The van der Waals surface area contributed by atoms with Crippen LogP contribution in [0.2, 0.25) is 0 Å². The van der Waals surface area contributed by atoms with Gasteiger partial charge in [0.05, 0.1) is 7.11 Å². The predicted octanol–water partition coefficient (Wildman–Crippen LogP) is 5.42. The van der Waals surface area contributed by atoms with Crippen LogP contribution in [0, 0.1) is 5.92 Å². The van der Waals surface area contributed by atoms with Crippen molar-refractivity contribution in [3.63, 3.8) is 0 Å². The van der Waals surface area contributed by atoms with Gasteiger partial charge in [0, 0.05) is 45.6 Å². The maximum atomic E-state index is 13.9. The number of carbonyl (C=O) groups excluding carboxylic acids is 5. The number of hydrogen-bond acceptors (Lipinski definition) is 7. The summed E-state index contributed by atoms with van der Waals surface area (Å²) in [5.74, 6) is -1.74. The molecule has 0 aliphatic carbocycles. The van der Waals surface area contributed by atoms with Crippen molar-refractivity contribution in [1.82, 2.24) is 26.2 Å². The number of hydrogen-bond donors (Lipinski definition) is 5. The number of ether oxygens (including phenoxy) is 1. The van der Waals surface area contributed by atoms with Crippen molar-refractivity contribution >= 4 is 41.0 Å². The van der Waals surface area contributed by atoms with Gasteiger partial charge >= 0.3 is 18.2 Å². The fourth-order valence-electron chi connectivity index (χ4n) is 6.18. The lowest BCUT2D eigenvalue weighted by Crippen LogP contribution is -2.54. The summed E-state index contributed by atoms with van der Waals surface area (Å²) in [6.07, 6.45) is 4.06. The Bertz CT molecular complexity index is 1650. The molecule has 3 aromatic carbocycles. The van der Waals surface area contributed by atoms with Crippen molar-refractivity contribution in [3.8, 4) is 0 Å². The van der Waals surface area contributed by atoms with Crippen molar-refractivity contribution in [2.45, 2.75) is 83.4 Å². The molecule has 0 radical (unpaired) electrons. The second-order valence-corrected chi connectivity index (χ2v) is 13.6. The summed E-state index contributed by atoms with van der Waals surface area (Å²) < 4.78 is 36.3. The Morgan fingerprint density at radius 3 is 2.19 bits per heavy atom. The normalized spacial score (nSPS) is 14.1. The highest BCUT2D eigenvalue weighted by molar-refractivity contribution is 5.88. The van der Waals surface area contributed by atoms with Gasteiger partial charge in [0.25, 0.3) is 0 Å². The Hall–Kier alpha value is -5.18. The van der Waals surface area contributed by atoms with E-state index in [2.05, 4.69) is 74.5 Å². The third kappa shape index (κ3) is 20.0. The van der Waals surface area contributed by atoms with Gasteiger partial charge in [-0.3, -0.25) is 14.4 Å². The number of methoxy groups -OCH3 is 1. The Balaban J connectivity index is 0.000000741. The van der Waals surface area contributed by atoms with Crippen LogP contribution >= 0.6 is 0 Å². The molecule has 0 bridgehead atoms. The standard InChI is InChI=1S/C36H49N5O3.C3H3F3O2.C3H7NO/c37-20-8-2-5-17-34(42)38-21-9-10-22-39-36(44)40-33(26-29-18-19-31-15-6-7-16-32(31)25-29)35(43)41-23-11-14-30(27-41)24-28-12-3-1-4-13-28;1-8-2(7)3(4,5)6;1-2-4-3-5/h1,3-4,6-7,12-13,15-16,18-19,25,30,33H,2,5,8-11,14,17,20-24,26-27,37H2,(H,38,42)(H2,39,40,44);1H3;3H,2H2,1H3,(H,4,5). The van der Waals surface area contributed by atoms with Crippen LogP contribution in [-0.4, -0.2) is 93.7 Å². The average molecular weight is 801 g/mol. The molecule has 0 spiro atoms. The fraction of sp³-hybridized carbons (Fsp3) is 0.500. The number of benzene rings is 3. The minimum Gasteiger partial charge on any atom is -0.462 e. The molecule has 3 aromatic rings. The smallest absolute Gasteiger partial charge is 0.462 e. The van der Waals surface area contributed by atoms with E-state index in [0.29, 0.717) is 65.0 Å². The number of nitrogens with one attached hydrogen (secondary N) is 4. The van der Waals surface area contributed by atoms with Crippen LogP contribution in [0.5, 0.6) is 0 Å². The highest BCUT2D eigenvalue weighted by Gasteiger charge is 2.40. The van der Waals surface area contributed by atoms with Crippen LogP contribution in [0.4, 0.5) is 18.0 Å². The van der Waals surface area contributed by atoms with Gasteiger partial charge in [0.2, 0.25) is 18.2 Å². The van der Waals surface area contributed by atoms with Gasteiger partial charge < -0.3 is 36.6 Å². The Labute approximate surface area is 333 Å². The molecule has 12 nitrogen and oxygen atoms in total. The molecule has 2 unspecified atom stereocenters. The molecule has 1 saturated heterocycles. The molecule has 1 fully saturated rings. The van der Waals surface area contributed by atoms with E-state index in [9.17, 15) is 37.1 Å². The van der Waals surface area contributed by atoms with Crippen LogP contribution in [0.25, 0.3) is 10.8 Å². The van der Waals surface area contributed by atoms with E-state index in [1.807, 2.05) is 36.1 Å². The molecule has 1 aliphatic heterocycles. The summed E-state index contributed by atoms with van der Waals surface area (Å²) >= 11 is 0. The molecule has 0 aromatic heterocycles. The van der Waals surface area contributed by atoms with Gasteiger partial charge in [-0.15, -0.1) is 0 Å². The summed E-state index contributed by atoms with van der Waals surface area (Å²) in [5, 5.41) is 13.5. The number of amides is 5. The number of likely N-dealkylation sites (tertiary alicyclic amines) is 1. The highest BCUT2D eigenvalue weighted by Crippen LogP contribution is 2.23. The maximum absolute atomic E-state index is 13.9. The summed E-state index contributed by atoms with van der Waals surface area (Å²) in [5.41, 5.74) is 7.80. The second-order valence-electron chi connectivity index (χ2n) is 13.6. The third-order valence-electron chi connectivity index (χ3n) is 9.08. The molecular weight excluding hydrogens is 741 g/mol. The Kier molecular flexibility index (Phi) is 23.1. The van der Waals surface area contributed by atoms with Crippen LogP contribution < -0.4 is 27.0 Å². The Morgan fingerprint density at radius 1 is 0.895 bits per heavy atom. The van der Waals surface area contributed by atoms with Crippen molar-refractivity contribution in [1.29, 1.82) is 0 Å². The topological polar surface area (TPSA) is 172 Å². The van der Waals surface area contributed by atoms with Crippen molar-refractivity contribution in [3.05, 3.63) is 83.9 Å². The number of halogens is 3. The first-order valence-electron chi connectivity index (χ1n) is 19.5. The van der Waals surface area contributed by atoms with Gasteiger partial charge in [0.15, 0.2) is 0 Å². The highest BCUT2D eigenvalue weighted by atomic mass is 19.4. The molecule has 2 atom stereocenters. The van der Waals surface area contributed by atoms with E-state index in [4.69, 9.17) is 5.73 Å². The Morgan fingerprint density at radius 2 is 1.58 bits per heavy atom. The SMILES string of the molecule is CCNC=O.COC(=O)C(F)(F)F.NCCCCCC(=O)NCCCCNC(=O)NC(Cc1ccc2ccccc2c1)C(=O)N1CCCC(Cc2ccccc2)C1. The number of nitrogens with zero attached hydrogens (tertiary/aromatic N) is 1. The predicted molar refractivity (Wildman–Crippen MR) is 215 cm³/mol. The molecule has 15 heteroatoms. The molecule has 1 heterocycles. The van der Waals surface area contributed by atoms with Crippen LogP contribution in [0.15, 0.2) is 72.8 Å². The minimum atomic E-state index is -4.85. The zero-order valence-corrected chi connectivity index (χ0v) is 33.1. The van der Waals surface area contributed by atoms with Gasteiger partial charge in [-0.2, -0.15) is 13.2 Å². The van der Waals surface area contributed by atoms with E-state index in [0.717, 1.165) is 74.2 Å². The molecule has 314 valence electrons. The number of nitrogens with two attached hydrogens (primary N) is 1. The third-order valence-corrected chi connectivity index (χ3v) is 9.08. The maximum Gasteiger partial charge on any atom is 0.490 e. The quantitative estimate of drug-likeness (QED) is 0.0650. The number of piperidine rings is 1. The number of rotatable bonds is 18. The van der Waals surface area contributed by atoms with E-state index >= 15 is 0 Å². The number of unbranched alkanes of at least 4 members (excludes halogenated alkanes) is 3. The van der Waals surface area contributed by atoms with Crippen molar-refractivity contribution in [2.75, 3.05) is 46.4 Å². The van der Waals surface area contributed by atoms with Crippen molar-refractivity contribution in [2.24, 2.45) is 11.7 Å². The van der Waals surface area contributed by atoms with Crippen molar-refractivity contribution < 1.29 is 41.9 Å². The fourth-order valence-corrected chi connectivity index (χ4v) is 6.18. The molecular formula is C42H59F3N6O6. The molecule has 0 saturated carbocycles. The zero-order valence-electron chi connectivity index (χ0n) is 33.1. The average Bonchev–Trinajstić information content (AvgIpc) is 3.21. The number of carbonyl (C=O) groups is 5. The largest absolute Gasteiger partial charge is 0.490 e. The second kappa shape index (κ2) is 27.4. The first kappa shape index (κ1) is 48.0. The molecule has 5 amide bonds. The van der Waals surface area contributed by atoms with Gasteiger partial charge in [-0.1, -0.05) is 79.2 Å². The number of alkyl halides is 3. The van der Waals surface area contributed by atoms with Gasteiger partial charge in [-0.05, 0) is 86.2 Å². The number of urea groups is 1. The van der Waals surface area contributed by atoms with Crippen LogP contribution in [0.3, 0.4) is 0 Å². The lowest BCUT2D eigenvalue weighted by Gasteiger charge is -2.35. The first-order chi connectivity index (χ1) is 27.4. The monoisotopic (exact) mass is 800 g/mol. The molecule has 1 aliphatic rings. The molecule has 57 heavy (non-hydrogen) atoms. The molecule has 6 N–H and O–H groups in total. The van der Waals surface area contributed by atoms with E-state index in [-0.39, 0.29) is 17.8 Å². The van der Waals surface area contributed by atoms with E-state index < -0.39 is 18.2 Å². The zero-order chi connectivity index (χ0) is 41.9. The first-order valence-corrected chi connectivity index (χ1v) is 19.5. The van der Waals surface area contributed by atoms with E-state index in [1.165, 1.54) is 5.56 Å².